The second-order valence-electron chi connectivity index (χ2n) is 5.37. The molecule has 0 bridgehead atoms. The van der Waals surface area contributed by atoms with Crippen LogP contribution >= 0.6 is 0 Å². The lowest BCUT2D eigenvalue weighted by Crippen LogP contribution is -2.47. The van der Waals surface area contributed by atoms with Crippen LogP contribution in [0.5, 0.6) is 0 Å². The maximum atomic E-state index is 12.4. The van der Waals surface area contributed by atoms with Crippen LogP contribution in [0.2, 0.25) is 0 Å². The summed E-state index contributed by atoms with van der Waals surface area (Å²) in [6, 6.07) is -0.380. The number of hydrogen-bond acceptors (Lipinski definition) is 3. The maximum absolute atomic E-state index is 12.4. The van der Waals surface area contributed by atoms with E-state index in [1.807, 2.05) is 27.7 Å². The van der Waals surface area contributed by atoms with E-state index in [1.165, 1.54) is 0 Å². The standard InChI is InChI=1S/C14H25N3O3/c1-6-10(4)16(5)11(18)9-17-12(19)14(7-2,8-3)15-13(17)20/h10H,6-9H2,1-5H3,(H,15,20). The minimum absolute atomic E-state index is 0.0883. The van der Waals surface area contributed by atoms with Gasteiger partial charge in [0.2, 0.25) is 5.91 Å². The quantitative estimate of drug-likeness (QED) is 0.748. The minimum atomic E-state index is -0.841. The summed E-state index contributed by atoms with van der Waals surface area (Å²) in [5.41, 5.74) is -0.841. The van der Waals surface area contributed by atoms with Crippen LogP contribution in [0.1, 0.15) is 47.0 Å². The fraction of sp³-hybridized carbons (Fsp3) is 0.786. The first-order valence-corrected chi connectivity index (χ1v) is 7.22. The van der Waals surface area contributed by atoms with E-state index in [0.717, 1.165) is 11.3 Å². The zero-order valence-corrected chi connectivity index (χ0v) is 13.0. The molecule has 0 saturated carbocycles. The summed E-state index contributed by atoms with van der Waals surface area (Å²) in [7, 11) is 1.70. The average molecular weight is 283 g/mol. The summed E-state index contributed by atoms with van der Waals surface area (Å²) < 4.78 is 0. The molecule has 0 aromatic carbocycles. The molecule has 0 aromatic rings. The molecular formula is C14H25N3O3. The summed E-state index contributed by atoms with van der Waals surface area (Å²) in [6.07, 6.45) is 1.89. The summed E-state index contributed by atoms with van der Waals surface area (Å²) in [5, 5.41) is 2.72. The molecule has 0 aromatic heterocycles. The summed E-state index contributed by atoms with van der Waals surface area (Å²) in [5.74, 6) is -0.510. The molecule has 6 nitrogen and oxygen atoms in total. The van der Waals surface area contributed by atoms with Gasteiger partial charge in [0.05, 0.1) is 0 Å². The Balaban J connectivity index is 2.81. The van der Waals surface area contributed by atoms with Gasteiger partial charge in [-0.2, -0.15) is 0 Å². The Hall–Kier alpha value is -1.59. The normalized spacial score (nSPS) is 18.9. The molecule has 0 spiro atoms. The second-order valence-corrected chi connectivity index (χ2v) is 5.37. The number of hydrogen-bond donors (Lipinski definition) is 1. The van der Waals surface area contributed by atoms with E-state index >= 15 is 0 Å². The van der Waals surface area contributed by atoms with Crippen molar-refractivity contribution in [2.45, 2.75) is 58.5 Å². The average Bonchev–Trinajstić information content (AvgIpc) is 2.70. The predicted octanol–water partition coefficient (Wildman–Crippen LogP) is 1.35. The van der Waals surface area contributed by atoms with E-state index in [-0.39, 0.29) is 24.4 Å². The fourth-order valence-electron chi connectivity index (χ4n) is 2.32. The first-order chi connectivity index (χ1) is 9.32. The molecule has 1 aliphatic rings. The van der Waals surface area contributed by atoms with E-state index in [0.29, 0.717) is 12.8 Å². The lowest BCUT2D eigenvalue weighted by atomic mass is 9.93. The van der Waals surface area contributed by atoms with Crippen molar-refractivity contribution in [2.75, 3.05) is 13.6 Å². The molecule has 1 saturated heterocycles. The Kier molecular flexibility index (Phi) is 5.14. The van der Waals surface area contributed by atoms with Gasteiger partial charge < -0.3 is 10.2 Å². The summed E-state index contributed by atoms with van der Waals surface area (Å²) in [6.45, 7) is 7.46. The molecule has 20 heavy (non-hydrogen) atoms. The van der Waals surface area contributed by atoms with Crippen molar-refractivity contribution in [1.29, 1.82) is 0 Å². The Labute approximate surface area is 120 Å². The highest BCUT2D eigenvalue weighted by Gasteiger charge is 2.49. The Bertz CT molecular complexity index is 404. The third kappa shape index (κ3) is 2.78. The van der Waals surface area contributed by atoms with E-state index in [9.17, 15) is 14.4 Å². The van der Waals surface area contributed by atoms with Gasteiger partial charge in [-0.25, -0.2) is 4.79 Å². The lowest BCUT2D eigenvalue weighted by Gasteiger charge is -2.26. The number of imide groups is 1. The van der Waals surface area contributed by atoms with Crippen LogP contribution in [0.25, 0.3) is 0 Å². The molecular weight excluding hydrogens is 258 g/mol. The zero-order valence-electron chi connectivity index (χ0n) is 13.0. The molecule has 0 radical (unpaired) electrons. The first kappa shape index (κ1) is 16.5. The van der Waals surface area contributed by atoms with Crippen LogP contribution in [0.15, 0.2) is 0 Å². The van der Waals surface area contributed by atoms with E-state index < -0.39 is 11.6 Å². The highest BCUT2D eigenvalue weighted by Crippen LogP contribution is 2.24. The van der Waals surface area contributed by atoms with Crippen LogP contribution in [-0.2, 0) is 9.59 Å². The Morgan fingerprint density at radius 2 is 1.85 bits per heavy atom. The van der Waals surface area contributed by atoms with Crippen LogP contribution in [-0.4, -0.2) is 52.8 Å². The van der Waals surface area contributed by atoms with E-state index in [2.05, 4.69) is 5.32 Å². The number of rotatable bonds is 6. The third-order valence-electron chi connectivity index (χ3n) is 4.39. The highest BCUT2D eigenvalue weighted by molar-refractivity contribution is 6.08. The molecule has 1 aliphatic heterocycles. The van der Waals surface area contributed by atoms with Crippen LogP contribution < -0.4 is 5.32 Å². The molecule has 1 rings (SSSR count). The largest absolute Gasteiger partial charge is 0.342 e. The summed E-state index contributed by atoms with van der Waals surface area (Å²) >= 11 is 0. The molecule has 0 aliphatic carbocycles. The van der Waals surface area contributed by atoms with Crippen LogP contribution in [0.3, 0.4) is 0 Å². The van der Waals surface area contributed by atoms with Gasteiger partial charge in [-0.3, -0.25) is 14.5 Å². The number of carbonyl (C=O) groups excluding carboxylic acids is 3. The molecule has 1 N–H and O–H groups in total. The predicted molar refractivity (Wildman–Crippen MR) is 76.1 cm³/mol. The fourth-order valence-corrected chi connectivity index (χ4v) is 2.32. The summed E-state index contributed by atoms with van der Waals surface area (Å²) in [4.78, 5) is 39.1. The highest BCUT2D eigenvalue weighted by atomic mass is 16.2. The van der Waals surface area contributed by atoms with Gasteiger partial charge in [-0.05, 0) is 26.2 Å². The third-order valence-corrected chi connectivity index (χ3v) is 4.39. The van der Waals surface area contributed by atoms with Crippen LogP contribution in [0.4, 0.5) is 4.79 Å². The number of carbonyl (C=O) groups is 3. The molecule has 1 unspecified atom stereocenters. The van der Waals surface area contributed by atoms with Crippen LogP contribution in [0, 0.1) is 0 Å². The van der Waals surface area contributed by atoms with Crippen molar-refractivity contribution in [2.24, 2.45) is 0 Å². The second kappa shape index (κ2) is 6.24. The smallest absolute Gasteiger partial charge is 0.325 e. The Morgan fingerprint density at radius 3 is 2.25 bits per heavy atom. The van der Waals surface area contributed by atoms with Gasteiger partial charge in [0, 0.05) is 13.1 Å². The Morgan fingerprint density at radius 1 is 1.30 bits per heavy atom. The molecule has 114 valence electrons. The number of urea groups is 1. The topological polar surface area (TPSA) is 69.7 Å². The number of amides is 4. The van der Waals surface area contributed by atoms with E-state index in [4.69, 9.17) is 0 Å². The van der Waals surface area contributed by atoms with Gasteiger partial charge in [0.25, 0.3) is 5.91 Å². The molecule has 6 heteroatoms. The molecule has 1 fully saturated rings. The zero-order chi connectivity index (χ0) is 15.5. The molecule has 1 heterocycles. The van der Waals surface area contributed by atoms with Gasteiger partial charge in [0.15, 0.2) is 0 Å². The van der Waals surface area contributed by atoms with Crippen molar-refractivity contribution in [1.82, 2.24) is 15.1 Å². The SMILES string of the molecule is CCC(C)N(C)C(=O)CN1C(=O)NC(CC)(CC)C1=O. The number of nitrogens with zero attached hydrogens (tertiary/aromatic N) is 2. The minimum Gasteiger partial charge on any atom is -0.342 e. The number of nitrogens with one attached hydrogen (secondary N) is 1. The van der Waals surface area contributed by atoms with Gasteiger partial charge in [0.1, 0.15) is 12.1 Å². The maximum Gasteiger partial charge on any atom is 0.325 e. The van der Waals surface area contributed by atoms with Crippen molar-refractivity contribution in [3.05, 3.63) is 0 Å². The van der Waals surface area contributed by atoms with E-state index in [1.54, 1.807) is 11.9 Å². The molecule has 1 atom stereocenters. The molecule has 4 amide bonds. The van der Waals surface area contributed by atoms with Gasteiger partial charge >= 0.3 is 6.03 Å². The monoisotopic (exact) mass is 283 g/mol. The van der Waals surface area contributed by atoms with Crippen molar-refractivity contribution in [3.8, 4) is 0 Å². The van der Waals surface area contributed by atoms with Gasteiger partial charge in [-0.1, -0.05) is 20.8 Å². The van der Waals surface area contributed by atoms with Gasteiger partial charge in [-0.15, -0.1) is 0 Å². The van der Waals surface area contributed by atoms with Crippen molar-refractivity contribution < 1.29 is 14.4 Å². The lowest BCUT2D eigenvalue weighted by molar-refractivity contribution is -0.139. The van der Waals surface area contributed by atoms with Crippen molar-refractivity contribution >= 4 is 17.8 Å². The first-order valence-electron chi connectivity index (χ1n) is 7.22. The number of likely N-dealkylation sites (N-methyl/N-ethyl adjacent to an activating group) is 1. The van der Waals surface area contributed by atoms with Crippen molar-refractivity contribution in [3.63, 3.8) is 0 Å².